The number of esters is 1. The second-order valence-corrected chi connectivity index (χ2v) is 5.44. The van der Waals surface area contributed by atoms with Crippen LogP contribution in [0.25, 0.3) is 21.9 Å². The van der Waals surface area contributed by atoms with Crippen LogP contribution >= 0.6 is 15.9 Å². The van der Waals surface area contributed by atoms with E-state index in [4.69, 9.17) is 18.6 Å². The minimum absolute atomic E-state index is 0.136. The van der Waals surface area contributed by atoms with Crippen LogP contribution in [0.4, 0.5) is 0 Å². The molecule has 120 valence electrons. The Morgan fingerprint density at radius 1 is 1.17 bits per heavy atom. The lowest BCUT2D eigenvalue weighted by atomic mass is 10.1. The van der Waals surface area contributed by atoms with Gasteiger partial charge in [-0.1, -0.05) is 0 Å². The second kappa shape index (κ2) is 5.62. The molecule has 1 N–H and O–H groups in total. The Kier molecular flexibility index (Phi) is 3.77. The quantitative estimate of drug-likeness (QED) is 0.554. The lowest BCUT2D eigenvalue weighted by Gasteiger charge is -2.09. The van der Waals surface area contributed by atoms with Crippen molar-refractivity contribution in [2.75, 3.05) is 21.3 Å². The molecule has 0 fully saturated rings. The maximum Gasteiger partial charge on any atom is 0.360 e. The van der Waals surface area contributed by atoms with E-state index in [9.17, 15) is 9.59 Å². The number of hydrogen-bond acceptors (Lipinski definition) is 6. The summed E-state index contributed by atoms with van der Waals surface area (Å²) in [5.74, 6) is 0.311. The third-order valence-corrected chi connectivity index (χ3v) is 4.28. The molecular formula is C15H12BrNO6. The van der Waals surface area contributed by atoms with Crippen LogP contribution in [0.15, 0.2) is 25.8 Å². The molecule has 0 spiro atoms. The summed E-state index contributed by atoms with van der Waals surface area (Å²) in [6, 6.07) is 3.24. The van der Waals surface area contributed by atoms with Crippen LogP contribution in [0, 0.1) is 0 Å². The van der Waals surface area contributed by atoms with E-state index in [1.807, 2.05) is 0 Å². The minimum atomic E-state index is -0.601. The van der Waals surface area contributed by atoms with Crippen LogP contribution in [0.2, 0.25) is 0 Å². The zero-order valence-corrected chi connectivity index (χ0v) is 14.1. The van der Waals surface area contributed by atoms with Gasteiger partial charge in [0.15, 0.2) is 11.5 Å². The Hall–Kier alpha value is -2.48. The lowest BCUT2D eigenvalue weighted by molar-refractivity contribution is 0.0594. The molecule has 0 atom stereocenters. The minimum Gasteiger partial charge on any atom is -0.493 e. The first-order valence-corrected chi connectivity index (χ1v) is 7.29. The summed E-state index contributed by atoms with van der Waals surface area (Å²) < 4.78 is 20.9. The number of nitrogens with one attached hydrogen (secondary N) is 1. The predicted octanol–water partition coefficient (Wildman–Crippen LogP) is 2.84. The molecule has 8 heteroatoms. The van der Waals surface area contributed by atoms with Crippen LogP contribution in [-0.4, -0.2) is 32.3 Å². The highest BCUT2D eigenvalue weighted by atomic mass is 79.9. The third kappa shape index (κ3) is 2.26. The van der Waals surface area contributed by atoms with Crippen molar-refractivity contribution >= 4 is 43.8 Å². The van der Waals surface area contributed by atoms with E-state index in [0.717, 1.165) is 0 Å². The highest BCUT2D eigenvalue weighted by Crippen LogP contribution is 2.38. The zero-order chi connectivity index (χ0) is 16.7. The molecular weight excluding hydrogens is 370 g/mol. The SMILES string of the molecule is COC(=O)c1[nH]c2c(=O)oc3cc(OC)c(OC)cc3c2c1Br. The molecule has 0 aliphatic rings. The summed E-state index contributed by atoms with van der Waals surface area (Å²) in [5.41, 5.74) is 0.0147. The largest absolute Gasteiger partial charge is 0.493 e. The van der Waals surface area contributed by atoms with Gasteiger partial charge in [0.25, 0.3) is 0 Å². The van der Waals surface area contributed by atoms with Crippen molar-refractivity contribution in [2.24, 2.45) is 0 Å². The Bertz CT molecular complexity index is 987. The van der Waals surface area contributed by atoms with Gasteiger partial charge in [0.1, 0.15) is 16.8 Å². The molecule has 0 saturated carbocycles. The molecule has 0 aliphatic carbocycles. The lowest BCUT2D eigenvalue weighted by Crippen LogP contribution is -2.03. The molecule has 23 heavy (non-hydrogen) atoms. The standard InChI is InChI=1S/C15H12BrNO6/c1-20-8-4-6-7(5-9(8)21-2)23-15(19)12-10(6)11(16)13(17-12)14(18)22-3/h4-5,17H,1-3H3. The van der Waals surface area contributed by atoms with Gasteiger partial charge in [-0.05, 0) is 22.0 Å². The first kappa shape index (κ1) is 15.4. The summed E-state index contributed by atoms with van der Waals surface area (Å²) in [5, 5.41) is 1.10. The van der Waals surface area contributed by atoms with Gasteiger partial charge in [-0.2, -0.15) is 0 Å². The average molecular weight is 382 g/mol. The van der Waals surface area contributed by atoms with Gasteiger partial charge in [-0.3, -0.25) is 0 Å². The van der Waals surface area contributed by atoms with Crippen molar-refractivity contribution < 1.29 is 23.4 Å². The molecule has 0 aliphatic heterocycles. The van der Waals surface area contributed by atoms with Gasteiger partial charge in [0.05, 0.1) is 25.8 Å². The maximum absolute atomic E-state index is 12.2. The molecule has 7 nitrogen and oxygen atoms in total. The summed E-state index contributed by atoms with van der Waals surface area (Å²) in [6.07, 6.45) is 0. The number of H-pyrrole nitrogens is 1. The number of benzene rings is 1. The van der Waals surface area contributed by atoms with E-state index in [1.54, 1.807) is 12.1 Å². The maximum atomic E-state index is 12.2. The van der Waals surface area contributed by atoms with Crippen LogP contribution in [0.3, 0.4) is 0 Å². The molecule has 0 unspecified atom stereocenters. The molecule has 2 aromatic heterocycles. The second-order valence-electron chi connectivity index (χ2n) is 4.65. The number of hydrogen-bond donors (Lipinski definition) is 1. The summed E-state index contributed by atoms with van der Waals surface area (Å²) in [6.45, 7) is 0. The molecule has 2 heterocycles. The molecule has 0 amide bonds. The monoisotopic (exact) mass is 381 g/mol. The van der Waals surface area contributed by atoms with Crippen LogP contribution in [-0.2, 0) is 4.74 Å². The number of fused-ring (bicyclic) bond motifs is 3. The molecule has 1 aromatic carbocycles. The fourth-order valence-electron chi connectivity index (χ4n) is 2.42. The van der Waals surface area contributed by atoms with Gasteiger partial charge in [-0.25, -0.2) is 9.59 Å². The summed E-state index contributed by atoms with van der Waals surface area (Å²) in [4.78, 5) is 26.7. The third-order valence-electron chi connectivity index (χ3n) is 3.49. The van der Waals surface area contributed by atoms with Crippen LogP contribution in [0.5, 0.6) is 11.5 Å². The Morgan fingerprint density at radius 2 is 1.83 bits per heavy atom. The first-order chi connectivity index (χ1) is 11.0. The summed E-state index contributed by atoms with van der Waals surface area (Å²) >= 11 is 3.35. The molecule has 0 saturated heterocycles. The van der Waals surface area contributed by atoms with Crippen LogP contribution in [0.1, 0.15) is 10.5 Å². The smallest absolute Gasteiger partial charge is 0.360 e. The highest BCUT2D eigenvalue weighted by molar-refractivity contribution is 9.10. The van der Waals surface area contributed by atoms with Gasteiger partial charge in [-0.15, -0.1) is 0 Å². The van der Waals surface area contributed by atoms with Crippen molar-refractivity contribution in [3.8, 4) is 11.5 Å². The Balaban J connectivity index is 2.48. The Labute approximate surface area is 138 Å². The number of carbonyl (C=O) groups is 1. The van der Waals surface area contributed by atoms with E-state index in [1.165, 1.54) is 21.3 Å². The zero-order valence-electron chi connectivity index (χ0n) is 12.5. The molecule has 3 rings (SSSR count). The van der Waals surface area contributed by atoms with Crippen molar-refractivity contribution in [2.45, 2.75) is 0 Å². The van der Waals surface area contributed by atoms with Gasteiger partial charge in [0.2, 0.25) is 0 Å². The van der Waals surface area contributed by atoms with Crippen molar-refractivity contribution in [3.63, 3.8) is 0 Å². The normalized spacial score (nSPS) is 11.0. The van der Waals surface area contributed by atoms with Crippen LogP contribution < -0.4 is 15.1 Å². The van der Waals surface area contributed by atoms with Crippen molar-refractivity contribution in [1.29, 1.82) is 0 Å². The molecule has 0 bridgehead atoms. The van der Waals surface area contributed by atoms with E-state index >= 15 is 0 Å². The fraction of sp³-hybridized carbons (Fsp3) is 0.200. The number of ether oxygens (including phenoxy) is 3. The summed E-state index contributed by atoms with van der Waals surface area (Å²) in [7, 11) is 4.25. The van der Waals surface area contributed by atoms with Crippen molar-refractivity contribution in [3.05, 3.63) is 32.7 Å². The van der Waals surface area contributed by atoms with E-state index < -0.39 is 11.6 Å². The van der Waals surface area contributed by atoms with Gasteiger partial charge >= 0.3 is 11.6 Å². The molecule has 0 radical (unpaired) electrons. The van der Waals surface area contributed by atoms with Crippen molar-refractivity contribution in [1.82, 2.24) is 4.98 Å². The van der Waals surface area contributed by atoms with E-state index in [2.05, 4.69) is 20.9 Å². The Morgan fingerprint density at radius 3 is 2.43 bits per heavy atom. The molecule has 3 aromatic rings. The number of rotatable bonds is 3. The number of aromatic nitrogens is 1. The first-order valence-electron chi connectivity index (χ1n) is 6.50. The van der Waals surface area contributed by atoms with E-state index in [-0.39, 0.29) is 11.2 Å². The average Bonchev–Trinajstić information content (AvgIpc) is 2.91. The number of aromatic amines is 1. The fourth-order valence-corrected chi connectivity index (χ4v) is 3.09. The number of halogens is 1. The van der Waals surface area contributed by atoms with Gasteiger partial charge in [0, 0.05) is 16.8 Å². The number of methoxy groups -OCH3 is 3. The van der Waals surface area contributed by atoms with E-state index in [0.29, 0.717) is 32.3 Å². The highest BCUT2D eigenvalue weighted by Gasteiger charge is 2.22. The topological polar surface area (TPSA) is 90.8 Å². The number of carbonyl (C=O) groups excluding carboxylic acids is 1. The predicted molar refractivity (Wildman–Crippen MR) is 86.5 cm³/mol. The van der Waals surface area contributed by atoms with Gasteiger partial charge < -0.3 is 23.6 Å².